The van der Waals surface area contributed by atoms with Crippen LogP contribution in [0, 0.1) is 0 Å². The molecule has 1 atom stereocenters. The Labute approximate surface area is 130 Å². The van der Waals surface area contributed by atoms with E-state index < -0.39 is 0 Å². The predicted molar refractivity (Wildman–Crippen MR) is 92.1 cm³/mol. The summed E-state index contributed by atoms with van der Waals surface area (Å²) in [6.45, 7) is 7.09. The molecule has 0 heterocycles. The number of nitrogens with one attached hydrogen (secondary N) is 1. The van der Waals surface area contributed by atoms with Gasteiger partial charge in [0.2, 0.25) is 0 Å². The van der Waals surface area contributed by atoms with Crippen molar-refractivity contribution in [2.45, 2.75) is 57.9 Å². The molecular weight excluding hydrogens is 258 g/mol. The zero-order chi connectivity index (χ0) is 15.3. The highest BCUT2D eigenvalue weighted by Crippen LogP contribution is 2.20. The zero-order valence-electron chi connectivity index (χ0n) is 13.7. The lowest BCUT2D eigenvalue weighted by molar-refractivity contribution is 0.400. The van der Waals surface area contributed by atoms with Crippen LogP contribution in [0.15, 0.2) is 36.9 Å². The van der Waals surface area contributed by atoms with Gasteiger partial charge in [0.15, 0.2) is 0 Å². The number of methoxy groups -OCH3 is 1. The van der Waals surface area contributed by atoms with Crippen LogP contribution in [0.25, 0.3) is 0 Å². The Morgan fingerprint density at radius 3 is 2.76 bits per heavy atom. The molecule has 0 aromatic heterocycles. The first-order valence-corrected chi connectivity index (χ1v) is 8.28. The van der Waals surface area contributed by atoms with Crippen LogP contribution in [-0.2, 0) is 6.42 Å². The van der Waals surface area contributed by atoms with Crippen LogP contribution in [0.4, 0.5) is 0 Å². The summed E-state index contributed by atoms with van der Waals surface area (Å²) in [6, 6.07) is 8.91. The van der Waals surface area contributed by atoms with Gasteiger partial charge in [0.1, 0.15) is 5.75 Å². The molecule has 0 bridgehead atoms. The third-order valence-corrected chi connectivity index (χ3v) is 3.80. The highest BCUT2D eigenvalue weighted by molar-refractivity contribution is 5.33. The van der Waals surface area contributed by atoms with Crippen LogP contribution in [0.2, 0.25) is 0 Å². The van der Waals surface area contributed by atoms with Gasteiger partial charge >= 0.3 is 0 Å². The molecule has 0 fully saturated rings. The monoisotopic (exact) mass is 289 g/mol. The van der Waals surface area contributed by atoms with Gasteiger partial charge in [-0.2, -0.15) is 0 Å². The summed E-state index contributed by atoms with van der Waals surface area (Å²) in [4.78, 5) is 0. The molecule has 1 N–H and O–H groups in total. The highest BCUT2D eigenvalue weighted by atomic mass is 16.5. The lowest BCUT2D eigenvalue weighted by Crippen LogP contribution is -2.31. The molecule has 118 valence electrons. The minimum absolute atomic E-state index is 0.546. The molecule has 1 aromatic carbocycles. The molecule has 0 saturated heterocycles. The molecule has 0 saturated carbocycles. The van der Waals surface area contributed by atoms with E-state index >= 15 is 0 Å². The fraction of sp³-hybridized carbons (Fsp3) is 0.579. The van der Waals surface area contributed by atoms with Crippen LogP contribution in [0.3, 0.4) is 0 Å². The van der Waals surface area contributed by atoms with E-state index in [0.29, 0.717) is 6.04 Å². The SMILES string of the molecule is C=CCCCCCC(Cc1ccccc1OC)NCCC. The molecule has 0 radical (unpaired) electrons. The van der Waals surface area contributed by atoms with Gasteiger partial charge in [-0.15, -0.1) is 6.58 Å². The molecule has 0 aliphatic heterocycles. The van der Waals surface area contributed by atoms with Crippen LogP contribution in [-0.4, -0.2) is 19.7 Å². The van der Waals surface area contributed by atoms with E-state index in [4.69, 9.17) is 4.74 Å². The maximum Gasteiger partial charge on any atom is 0.122 e. The fourth-order valence-corrected chi connectivity index (χ4v) is 2.62. The smallest absolute Gasteiger partial charge is 0.122 e. The topological polar surface area (TPSA) is 21.3 Å². The van der Waals surface area contributed by atoms with Crippen molar-refractivity contribution >= 4 is 0 Å². The standard InChI is InChI=1S/C19H31NO/c1-4-6-7-8-9-13-18(20-15-5-2)16-17-12-10-11-14-19(17)21-3/h4,10-12,14,18,20H,1,5-9,13,15-16H2,2-3H3. The van der Waals surface area contributed by atoms with Crippen molar-refractivity contribution in [2.24, 2.45) is 0 Å². The summed E-state index contributed by atoms with van der Waals surface area (Å²) in [6.07, 6.45) is 10.5. The second-order valence-electron chi connectivity index (χ2n) is 5.59. The van der Waals surface area contributed by atoms with Crippen molar-refractivity contribution in [3.05, 3.63) is 42.5 Å². The Hall–Kier alpha value is -1.28. The summed E-state index contributed by atoms with van der Waals surface area (Å²) in [7, 11) is 1.75. The number of rotatable bonds is 12. The van der Waals surface area contributed by atoms with E-state index in [1.165, 1.54) is 37.7 Å². The van der Waals surface area contributed by atoms with E-state index in [-0.39, 0.29) is 0 Å². The van der Waals surface area contributed by atoms with Gasteiger partial charge in [0.05, 0.1) is 7.11 Å². The summed E-state index contributed by atoms with van der Waals surface area (Å²) in [5.41, 5.74) is 1.31. The molecule has 0 spiro atoms. The highest BCUT2D eigenvalue weighted by Gasteiger charge is 2.11. The van der Waals surface area contributed by atoms with Gasteiger partial charge < -0.3 is 10.1 Å². The minimum Gasteiger partial charge on any atom is -0.496 e. The first-order chi connectivity index (χ1) is 10.3. The first-order valence-electron chi connectivity index (χ1n) is 8.28. The number of hydrogen-bond acceptors (Lipinski definition) is 2. The van der Waals surface area contributed by atoms with E-state index in [0.717, 1.165) is 25.1 Å². The van der Waals surface area contributed by atoms with E-state index in [9.17, 15) is 0 Å². The Morgan fingerprint density at radius 1 is 1.24 bits per heavy atom. The Bertz CT molecular complexity index is 389. The Morgan fingerprint density at radius 2 is 2.05 bits per heavy atom. The molecule has 2 heteroatoms. The van der Waals surface area contributed by atoms with Crippen molar-refractivity contribution in [3.63, 3.8) is 0 Å². The van der Waals surface area contributed by atoms with Crippen molar-refractivity contribution in [1.82, 2.24) is 5.32 Å². The average Bonchev–Trinajstić information content (AvgIpc) is 2.52. The molecule has 21 heavy (non-hydrogen) atoms. The summed E-state index contributed by atoms with van der Waals surface area (Å²) >= 11 is 0. The van der Waals surface area contributed by atoms with Crippen LogP contribution >= 0.6 is 0 Å². The minimum atomic E-state index is 0.546. The van der Waals surface area contributed by atoms with E-state index in [1.54, 1.807) is 7.11 Å². The van der Waals surface area contributed by atoms with Crippen molar-refractivity contribution in [3.8, 4) is 5.75 Å². The van der Waals surface area contributed by atoms with Gasteiger partial charge in [0, 0.05) is 6.04 Å². The van der Waals surface area contributed by atoms with Crippen LogP contribution < -0.4 is 10.1 Å². The summed E-state index contributed by atoms with van der Waals surface area (Å²) < 4.78 is 5.47. The number of allylic oxidation sites excluding steroid dienone is 1. The number of para-hydroxylation sites is 1. The summed E-state index contributed by atoms with van der Waals surface area (Å²) in [5, 5.41) is 3.68. The van der Waals surface area contributed by atoms with Gasteiger partial charge in [-0.1, -0.05) is 44.0 Å². The fourth-order valence-electron chi connectivity index (χ4n) is 2.62. The maximum absolute atomic E-state index is 5.47. The number of hydrogen-bond donors (Lipinski definition) is 1. The quantitative estimate of drug-likeness (QED) is 0.443. The second kappa shape index (κ2) is 11.4. The largest absolute Gasteiger partial charge is 0.496 e. The number of unbranched alkanes of at least 4 members (excludes halogenated alkanes) is 3. The van der Waals surface area contributed by atoms with Gasteiger partial charge in [-0.05, 0) is 50.3 Å². The van der Waals surface area contributed by atoms with E-state index in [2.05, 4.69) is 37.0 Å². The second-order valence-corrected chi connectivity index (χ2v) is 5.59. The van der Waals surface area contributed by atoms with Gasteiger partial charge in [-0.3, -0.25) is 0 Å². The van der Waals surface area contributed by atoms with Crippen molar-refractivity contribution in [2.75, 3.05) is 13.7 Å². The van der Waals surface area contributed by atoms with Gasteiger partial charge in [-0.25, -0.2) is 0 Å². The normalized spacial score (nSPS) is 12.1. The number of benzene rings is 1. The van der Waals surface area contributed by atoms with Gasteiger partial charge in [0.25, 0.3) is 0 Å². The molecule has 1 unspecified atom stereocenters. The molecule has 0 aliphatic carbocycles. The first kappa shape index (κ1) is 17.8. The third-order valence-electron chi connectivity index (χ3n) is 3.80. The summed E-state index contributed by atoms with van der Waals surface area (Å²) in [5.74, 6) is 1.01. The lowest BCUT2D eigenvalue weighted by Gasteiger charge is -2.20. The molecule has 1 rings (SSSR count). The molecular formula is C19H31NO. The van der Waals surface area contributed by atoms with Crippen molar-refractivity contribution in [1.29, 1.82) is 0 Å². The van der Waals surface area contributed by atoms with Crippen molar-refractivity contribution < 1.29 is 4.74 Å². The van der Waals surface area contributed by atoms with Crippen LogP contribution in [0.5, 0.6) is 5.75 Å². The zero-order valence-corrected chi connectivity index (χ0v) is 13.7. The number of ether oxygens (including phenoxy) is 1. The molecule has 2 nitrogen and oxygen atoms in total. The molecule has 0 amide bonds. The lowest BCUT2D eigenvalue weighted by atomic mass is 9.99. The average molecular weight is 289 g/mol. The molecule has 1 aromatic rings. The Balaban J connectivity index is 2.49. The maximum atomic E-state index is 5.47. The van der Waals surface area contributed by atoms with E-state index in [1.807, 2.05) is 12.1 Å². The third kappa shape index (κ3) is 7.33. The van der Waals surface area contributed by atoms with Crippen LogP contribution in [0.1, 0.15) is 51.0 Å². The Kier molecular flexibility index (Phi) is 9.64. The predicted octanol–water partition coefficient (Wildman–Crippen LogP) is 4.74. The molecule has 0 aliphatic rings.